The zero-order valence-corrected chi connectivity index (χ0v) is 9.30. The van der Waals surface area contributed by atoms with E-state index in [9.17, 15) is 4.79 Å². The van der Waals surface area contributed by atoms with Gasteiger partial charge in [0.1, 0.15) is 0 Å². The minimum absolute atomic E-state index is 0.0845. The van der Waals surface area contributed by atoms with E-state index in [1.807, 2.05) is 12.1 Å². The highest BCUT2D eigenvalue weighted by atomic mass is 32.1. The second-order valence-corrected chi connectivity index (χ2v) is 3.35. The Hall–Kier alpha value is -1.49. The van der Waals surface area contributed by atoms with Crippen LogP contribution in [0.15, 0.2) is 24.5 Å². The first-order valence-electron chi connectivity index (χ1n) is 4.69. The number of amides is 1. The molecule has 0 fully saturated rings. The lowest BCUT2D eigenvalue weighted by molar-refractivity contribution is -0.119. The Labute approximate surface area is 94.1 Å². The highest BCUT2D eigenvalue weighted by molar-refractivity contribution is 7.80. The summed E-state index contributed by atoms with van der Waals surface area (Å²) >= 11 is 4.93. The number of pyridine rings is 1. The summed E-state index contributed by atoms with van der Waals surface area (Å²) in [5.74, 6) is -0.0845. The third-order valence-corrected chi connectivity index (χ3v) is 2.00. The van der Waals surface area contributed by atoms with Crippen LogP contribution in [0.5, 0.6) is 0 Å². The molecule has 1 heterocycles. The third kappa shape index (κ3) is 4.51. The highest BCUT2D eigenvalue weighted by Gasteiger charge is 2.00. The van der Waals surface area contributed by atoms with E-state index in [4.69, 9.17) is 12.2 Å². The first-order chi connectivity index (χ1) is 7.22. The minimum atomic E-state index is -0.0845. The van der Waals surface area contributed by atoms with Gasteiger partial charge in [-0.05, 0) is 23.8 Å². The Morgan fingerprint density at radius 3 is 3.00 bits per heavy atom. The van der Waals surface area contributed by atoms with E-state index in [2.05, 4.69) is 15.6 Å². The molecule has 0 atom stereocenters. The molecule has 0 spiro atoms. The smallest absolute Gasteiger partial charge is 0.225 e. The first kappa shape index (κ1) is 11.6. The van der Waals surface area contributed by atoms with E-state index in [0.717, 1.165) is 5.56 Å². The molecular weight excluding hydrogens is 210 g/mol. The first-order valence-corrected chi connectivity index (χ1v) is 5.09. The second-order valence-electron chi connectivity index (χ2n) is 2.95. The van der Waals surface area contributed by atoms with Crippen molar-refractivity contribution in [1.29, 1.82) is 0 Å². The largest absolute Gasteiger partial charge is 0.358 e. The lowest BCUT2D eigenvalue weighted by atomic mass is 10.3. The molecule has 2 N–H and O–H groups in total. The zero-order valence-electron chi connectivity index (χ0n) is 8.49. The molecule has 1 rings (SSSR count). The van der Waals surface area contributed by atoms with Crippen molar-refractivity contribution in [1.82, 2.24) is 15.6 Å². The van der Waals surface area contributed by atoms with Gasteiger partial charge in [-0.25, -0.2) is 0 Å². The molecule has 1 amide bonds. The van der Waals surface area contributed by atoms with E-state index in [1.54, 1.807) is 19.3 Å². The fourth-order valence-electron chi connectivity index (χ4n) is 0.944. The summed E-state index contributed by atoms with van der Waals surface area (Å²) in [5.41, 5.74) is 1.02. The van der Waals surface area contributed by atoms with Gasteiger partial charge in [0.15, 0.2) is 5.11 Å². The van der Waals surface area contributed by atoms with Gasteiger partial charge in [-0.3, -0.25) is 9.78 Å². The molecule has 0 aliphatic heterocycles. The Kier molecular flexibility index (Phi) is 4.70. The molecule has 0 unspecified atom stereocenters. The minimum Gasteiger partial charge on any atom is -0.358 e. The van der Waals surface area contributed by atoms with E-state index in [0.29, 0.717) is 18.1 Å². The van der Waals surface area contributed by atoms with Crippen LogP contribution in [-0.2, 0) is 11.3 Å². The molecule has 0 saturated heterocycles. The Morgan fingerprint density at radius 1 is 1.60 bits per heavy atom. The Balaban J connectivity index is 2.32. The summed E-state index contributed by atoms with van der Waals surface area (Å²) in [6.07, 6.45) is 3.88. The molecular formula is C10H13N3OS. The lowest BCUT2D eigenvalue weighted by Gasteiger charge is -2.08. The van der Waals surface area contributed by atoms with Gasteiger partial charge in [0.05, 0.1) is 0 Å². The number of hydrogen-bond acceptors (Lipinski definition) is 3. The molecule has 1 aromatic rings. The number of nitrogens with zero attached hydrogens (tertiary/aromatic N) is 1. The predicted octanol–water partition coefficient (Wildman–Crippen LogP) is 0.982. The van der Waals surface area contributed by atoms with E-state index < -0.39 is 0 Å². The van der Waals surface area contributed by atoms with E-state index in [1.165, 1.54) is 0 Å². The summed E-state index contributed by atoms with van der Waals surface area (Å²) in [4.78, 5) is 15.0. The topological polar surface area (TPSA) is 54.0 Å². The molecule has 0 saturated carbocycles. The molecule has 0 radical (unpaired) electrons. The molecule has 80 valence electrons. The molecule has 0 aromatic carbocycles. The summed E-state index contributed by atoms with van der Waals surface area (Å²) < 4.78 is 0. The van der Waals surface area contributed by atoms with Crippen molar-refractivity contribution < 1.29 is 4.79 Å². The maximum absolute atomic E-state index is 11.0. The maximum atomic E-state index is 11.0. The Morgan fingerprint density at radius 2 is 2.40 bits per heavy atom. The van der Waals surface area contributed by atoms with Gasteiger partial charge < -0.3 is 10.6 Å². The van der Waals surface area contributed by atoms with Crippen LogP contribution >= 0.6 is 12.2 Å². The molecule has 15 heavy (non-hydrogen) atoms. The van der Waals surface area contributed by atoms with Gasteiger partial charge in [0.25, 0.3) is 0 Å². The van der Waals surface area contributed by atoms with Gasteiger partial charge in [-0.1, -0.05) is 13.0 Å². The van der Waals surface area contributed by atoms with Crippen molar-refractivity contribution in [3.05, 3.63) is 30.1 Å². The van der Waals surface area contributed by atoms with Crippen molar-refractivity contribution in [2.75, 3.05) is 0 Å². The van der Waals surface area contributed by atoms with Crippen LogP contribution in [0.2, 0.25) is 0 Å². The summed E-state index contributed by atoms with van der Waals surface area (Å²) in [6, 6.07) is 3.79. The fourth-order valence-corrected chi connectivity index (χ4v) is 1.13. The molecule has 0 bridgehead atoms. The van der Waals surface area contributed by atoms with Crippen molar-refractivity contribution in [2.24, 2.45) is 0 Å². The number of aromatic nitrogens is 1. The van der Waals surface area contributed by atoms with E-state index >= 15 is 0 Å². The van der Waals surface area contributed by atoms with Crippen LogP contribution in [0, 0.1) is 0 Å². The number of nitrogens with one attached hydrogen (secondary N) is 2. The van der Waals surface area contributed by atoms with Crippen molar-refractivity contribution in [3.63, 3.8) is 0 Å². The summed E-state index contributed by atoms with van der Waals surface area (Å²) in [5, 5.41) is 5.84. The molecule has 0 aliphatic rings. The quantitative estimate of drug-likeness (QED) is 0.750. The van der Waals surface area contributed by atoms with Gasteiger partial charge in [0.2, 0.25) is 5.91 Å². The number of hydrogen-bond donors (Lipinski definition) is 2. The second kappa shape index (κ2) is 6.08. The standard InChI is InChI=1S/C10H13N3OS/c1-2-9(14)13-10(15)12-7-8-4-3-5-11-6-8/h3-6H,2,7H2,1H3,(H2,12,13,14,15). The van der Waals surface area contributed by atoms with Gasteiger partial charge in [-0.15, -0.1) is 0 Å². The monoisotopic (exact) mass is 223 g/mol. The van der Waals surface area contributed by atoms with Gasteiger partial charge in [0, 0.05) is 25.4 Å². The predicted molar refractivity (Wildman–Crippen MR) is 62.1 cm³/mol. The van der Waals surface area contributed by atoms with Crippen molar-refractivity contribution >= 4 is 23.2 Å². The van der Waals surface area contributed by atoms with Crippen LogP contribution < -0.4 is 10.6 Å². The van der Waals surface area contributed by atoms with Crippen LogP contribution in [0.25, 0.3) is 0 Å². The van der Waals surface area contributed by atoms with Crippen molar-refractivity contribution in [2.45, 2.75) is 19.9 Å². The molecule has 5 heteroatoms. The average Bonchev–Trinajstić information content (AvgIpc) is 2.27. The number of thiocarbonyl (C=S) groups is 1. The highest BCUT2D eigenvalue weighted by Crippen LogP contribution is 1.93. The number of carbonyl (C=O) groups excluding carboxylic acids is 1. The third-order valence-electron chi connectivity index (χ3n) is 1.75. The lowest BCUT2D eigenvalue weighted by Crippen LogP contribution is -2.38. The number of carbonyl (C=O) groups is 1. The van der Waals surface area contributed by atoms with Gasteiger partial charge in [-0.2, -0.15) is 0 Å². The SMILES string of the molecule is CCC(=O)NC(=S)NCc1cccnc1. The molecule has 4 nitrogen and oxygen atoms in total. The molecule has 0 aliphatic carbocycles. The van der Waals surface area contributed by atoms with Crippen LogP contribution in [0.4, 0.5) is 0 Å². The van der Waals surface area contributed by atoms with Crippen LogP contribution in [-0.4, -0.2) is 16.0 Å². The van der Waals surface area contributed by atoms with Crippen LogP contribution in [0.1, 0.15) is 18.9 Å². The average molecular weight is 223 g/mol. The fraction of sp³-hybridized carbons (Fsp3) is 0.300. The maximum Gasteiger partial charge on any atom is 0.225 e. The summed E-state index contributed by atoms with van der Waals surface area (Å²) in [6.45, 7) is 2.34. The van der Waals surface area contributed by atoms with Gasteiger partial charge >= 0.3 is 0 Å². The van der Waals surface area contributed by atoms with E-state index in [-0.39, 0.29) is 5.91 Å². The Bertz CT molecular complexity index is 340. The van der Waals surface area contributed by atoms with Crippen LogP contribution in [0.3, 0.4) is 0 Å². The summed E-state index contributed by atoms with van der Waals surface area (Å²) in [7, 11) is 0. The molecule has 1 aromatic heterocycles. The zero-order chi connectivity index (χ0) is 11.1. The number of rotatable bonds is 3. The van der Waals surface area contributed by atoms with Crippen molar-refractivity contribution in [3.8, 4) is 0 Å². The normalized spacial score (nSPS) is 9.40.